The lowest BCUT2D eigenvalue weighted by molar-refractivity contribution is -0.128. The fourth-order valence-corrected chi connectivity index (χ4v) is 8.17. The number of carbonyl (C=O) groups is 2. The predicted molar refractivity (Wildman–Crippen MR) is 212 cm³/mol. The number of pyridine rings is 1. The molecule has 57 heavy (non-hydrogen) atoms. The van der Waals surface area contributed by atoms with E-state index in [9.17, 15) is 27.9 Å². The van der Waals surface area contributed by atoms with Crippen molar-refractivity contribution in [2.24, 2.45) is 14.1 Å². The van der Waals surface area contributed by atoms with E-state index < -0.39 is 18.5 Å². The normalized spacial score (nSPS) is 16.2. The lowest BCUT2D eigenvalue weighted by atomic mass is 9.92. The van der Waals surface area contributed by atoms with Crippen LogP contribution in [0.25, 0.3) is 22.3 Å². The molecule has 0 spiro atoms. The van der Waals surface area contributed by atoms with Crippen molar-refractivity contribution in [1.29, 1.82) is 0 Å². The molecule has 10 nitrogen and oxygen atoms in total. The molecule has 14 heteroatoms. The zero-order valence-electron chi connectivity index (χ0n) is 31.3. The summed E-state index contributed by atoms with van der Waals surface area (Å²) in [6.07, 6.45) is -2.17. The van der Waals surface area contributed by atoms with Crippen molar-refractivity contribution in [2.45, 2.75) is 31.6 Å². The second-order valence-corrected chi connectivity index (χ2v) is 15.0. The highest BCUT2D eigenvalue weighted by molar-refractivity contribution is 6.31. The second kappa shape index (κ2) is 15.4. The molecule has 1 atom stereocenters. The van der Waals surface area contributed by atoms with Crippen LogP contribution in [0.15, 0.2) is 97.3 Å². The SMILES string of the molecule is Cn1c(-c2cc(Cl)ccc2C(=O)N2Cc3ccccc3C[C@H]2CN2CCOCC2)cc(C(=O)N(c2ccc(O)cc2)c2cnc3c(ccn3C)c2)c1CC(F)(F)F. The van der Waals surface area contributed by atoms with Gasteiger partial charge in [-0.05, 0) is 78.2 Å². The number of carbonyl (C=O) groups excluding carboxylic acids is 2. The maximum atomic E-state index is 14.9. The number of aryl methyl sites for hydroxylation is 1. The van der Waals surface area contributed by atoms with Crippen molar-refractivity contribution in [3.05, 3.63) is 130 Å². The number of nitrogens with zero attached hydrogens (tertiary/aromatic N) is 6. The molecule has 2 amide bonds. The third kappa shape index (κ3) is 7.74. The van der Waals surface area contributed by atoms with Gasteiger partial charge in [-0.15, -0.1) is 0 Å². The quantitative estimate of drug-likeness (QED) is 0.168. The molecule has 8 rings (SSSR count). The van der Waals surface area contributed by atoms with E-state index in [1.54, 1.807) is 24.3 Å². The summed E-state index contributed by atoms with van der Waals surface area (Å²) in [6.45, 7) is 3.67. The molecule has 0 saturated carbocycles. The summed E-state index contributed by atoms with van der Waals surface area (Å²) in [5.74, 6) is -1.11. The number of morpholine rings is 1. The van der Waals surface area contributed by atoms with Crippen LogP contribution in [0.4, 0.5) is 24.5 Å². The Morgan fingerprint density at radius 2 is 1.67 bits per heavy atom. The maximum Gasteiger partial charge on any atom is 0.394 e. The highest BCUT2D eigenvalue weighted by Crippen LogP contribution is 2.38. The third-order valence-electron chi connectivity index (χ3n) is 10.9. The molecule has 0 unspecified atom stereocenters. The molecule has 1 saturated heterocycles. The zero-order chi connectivity index (χ0) is 40.0. The second-order valence-electron chi connectivity index (χ2n) is 14.6. The van der Waals surface area contributed by atoms with Gasteiger partial charge < -0.3 is 23.9 Å². The van der Waals surface area contributed by atoms with Crippen LogP contribution < -0.4 is 4.90 Å². The van der Waals surface area contributed by atoms with Crippen LogP contribution in [0.2, 0.25) is 5.02 Å². The summed E-state index contributed by atoms with van der Waals surface area (Å²) in [4.78, 5) is 39.7. The van der Waals surface area contributed by atoms with Crippen molar-refractivity contribution in [1.82, 2.24) is 23.9 Å². The first kappa shape index (κ1) is 38.3. The van der Waals surface area contributed by atoms with Crippen molar-refractivity contribution in [3.63, 3.8) is 0 Å². The summed E-state index contributed by atoms with van der Waals surface area (Å²) in [6, 6.07) is 23.4. The van der Waals surface area contributed by atoms with E-state index in [4.69, 9.17) is 16.3 Å². The minimum atomic E-state index is -4.69. The van der Waals surface area contributed by atoms with E-state index >= 15 is 0 Å². The molecule has 294 valence electrons. The third-order valence-corrected chi connectivity index (χ3v) is 11.1. The van der Waals surface area contributed by atoms with Gasteiger partial charge in [0.25, 0.3) is 11.8 Å². The van der Waals surface area contributed by atoms with E-state index in [-0.39, 0.29) is 45.2 Å². The van der Waals surface area contributed by atoms with E-state index in [2.05, 4.69) is 16.0 Å². The first-order chi connectivity index (χ1) is 27.3. The lowest BCUT2D eigenvalue weighted by Gasteiger charge is -2.40. The minimum absolute atomic E-state index is 0.0509. The molecule has 5 heterocycles. The van der Waals surface area contributed by atoms with E-state index in [1.165, 1.54) is 58.6 Å². The predicted octanol–water partition coefficient (Wildman–Crippen LogP) is 7.92. The Kier molecular flexibility index (Phi) is 10.3. The van der Waals surface area contributed by atoms with Crippen LogP contribution in [0.1, 0.15) is 37.5 Å². The number of aromatic hydroxyl groups is 1. The average molecular weight is 797 g/mol. The van der Waals surface area contributed by atoms with Gasteiger partial charge in [0, 0.05) is 91.1 Å². The molecule has 1 N–H and O–H groups in total. The van der Waals surface area contributed by atoms with Crippen LogP contribution in [-0.4, -0.2) is 85.9 Å². The van der Waals surface area contributed by atoms with Gasteiger partial charge in [-0.1, -0.05) is 35.9 Å². The molecule has 6 aromatic rings. The highest BCUT2D eigenvalue weighted by atomic mass is 35.5. The van der Waals surface area contributed by atoms with Crippen molar-refractivity contribution < 1.29 is 32.6 Å². The summed E-state index contributed by atoms with van der Waals surface area (Å²) < 4.78 is 52.0. The van der Waals surface area contributed by atoms with E-state index in [0.29, 0.717) is 60.7 Å². The molecule has 0 radical (unpaired) electrons. The van der Waals surface area contributed by atoms with Crippen LogP contribution in [-0.2, 0) is 38.2 Å². The largest absolute Gasteiger partial charge is 0.508 e. The number of halogens is 4. The number of aromatic nitrogens is 3. The van der Waals surface area contributed by atoms with Crippen LogP contribution >= 0.6 is 11.6 Å². The molecular weight excluding hydrogens is 757 g/mol. The zero-order valence-corrected chi connectivity index (χ0v) is 32.1. The van der Waals surface area contributed by atoms with Crippen molar-refractivity contribution >= 4 is 45.8 Å². The maximum absolute atomic E-state index is 14.9. The Morgan fingerprint density at radius 3 is 2.40 bits per heavy atom. The number of anilines is 2. The Hall–Kier alpha value is -5.63. The first-order valence-corrected chi connectivity index (χ1v) is 19.0. The number of hydrogen-bond donors (Lipinski definition) is 1. The van der Waals surface area contributed by atoms with E-state index in [1.807, 2.05) is 47.0 Å². The number of phenols is 1. The molecular formula is C43H40ClF3N6O4. The first-order valence-electron chi connectivity index (χ1n) is 18.6. The summed E-state index contributed by atoms with van der Waals surface area (Å²) in [7, 11) is 3.29. The molecule has 3 aromatic heterocycles. The highest BCUT2D eigenvalue weighted by Gasteiger charge is 2.37. The summed E-state index contributed by atoms with van der Waals surface area (Å²) in [5, 5.41) is 11.1. The van der Waals surface area contributed by atoms with Crippen molar-refractivity contribution in [2.75, 3.05) is 37.7 Å². The summed E-state index contributed by atoms with van der Waals surface area (Å²) >= 11 is 6.59. The van der Waals surface area contributed by atoms with Crippen LogP contribution in [0, 0.1) is 0 Å². The van der Waals surface area contributed by atoms with Gasteiger partial charge in [-0.3, -0.25) is 19.4 Å². The number of phenolic OH excluding ortho intramolecular Hbond substituents is 1. The fraction of sp³-hybridized carbons (Fsp3) is 0.279. The molecule has 2 aliphatic heterocycles. The Bertz CT molecular complexity index is 2470. The van der Waals surface area contributed by atoms with Gasteiger partial charge in [-0.2, -0.15) is 13.2 Å². The standard InChI is InChI=1S/C43H40ClF3N6O4/c1-49-14-13-28-20-32(24-48-40(28)49)53(31-8-10-34(54)11-9-31)42(56)37-22-38(50(2)39(37)23-43(45,46)47)36-21-30(44)7-12-35(36)41(55)52-25-29-6-4-3-5-27(29)19-33(52)26-51-15-17-57-18-16-51/h3-14,20-22,24,33,54H,15-19,23,25-26H2,1-2H3/t33-/m0/s1. The Balaban J connectivity index is 1.24. The van der Waals surface area contributed by atoms with E-state index in [0.717, 1.165) is 18.7 Å². The van der Waals surface area contributed by atoms with Gasteiger partial charge in [0.2, 0.25) is 0 Å². The molecule has 0 aliphatic carbocycles. The van der Waals surface area contributed by atoms with Crippen LogP contribution in [0.5, 0.6) is 5.75 Å². The van der Waals surface area contributed by atoms with Gasteiger partial charge in [0.15, 0.2) is 0 Å². The topological polar surface area (TPSA) is 96.1 Å². The van der Waals surface area contributed by atoms with Gasteiger partial charge in [0.05, 0.1) is 37.1 Å². The van der Waals surface area contributed by atoms with Gasteiger partial charge in [0.1, 0.15) is 11.4 Å². The fourth-order valence-electron chi connectivity index (χ4n) is 8.00. The smallest absolute Gasteiger partial charge is 0.394 e. The number of fused-ring (bicyclic) bond motifs is 2. The molecule has 0 bridgehead atoms. The van der Waals surface area contributed by atoms with Crippen LogP contribution in [0.3, 0.4) is 0 Å². The number of alkyl halides is 3. The monoisotopic (exact) mass is 796 g/mol. The Morgan fingerprint density at radius 1 is 0.930 bits per heavy atom. The summed E-state index contributed by atoms with van der Waals surface area (Å²) in [5.41, 5.74) is 3.69. The molecule has 2 aliphatic rings. The number of ether oxygens (including phenoxy) is 1. The number of hydrogen-bond acceptors (Lipinski definition) is 6. The number of amides is 2. The van der Waals surface area contributed by atoms with Gasteiger partial charge in [-0.25, -0.2) is 4.98 Å². The molecule has 3 aromatic carbocycles. The molecule has 1 fully saturated rings. The minimum Gasteiger partial charge on any atom is -0.508 e. The van der Waals surface area contributed by atoms with Crippen molar-refractivity contribution in [3.8, 4) is 17.0 Å². The Labute approximate surface area is 332 Å². The number of rotatable bonds is 8. The average Bonchev–Trinajstić information content (AvgIpc) is 3.72. The van der Waals surface area contributed by atoms with Gasteiger partial charge >= 0.3 is 6.18 Å². The lowest BCUT2D eigenvalue weighted by Crippen LogP contribution is -2.52. The number of benzene rings is 3.